The third-order valence-corrected chi connectivity index (χ3v) is 4.54. The summed E-state index contributed by atoms with van der Waals surface area (Å²) < 4.78 is 123. The molecule has 1 unspecified atom stereocenters. The molecule has 0 amide bonds. The number of hydrogen-bond acceptors (Lipinski definition) is 4. The minimum atomic E-state index is -5.35. The topological polar surface area (TPSA) is 66.1 Å². The van der Waals surface area contributed by atoms with Gasteiger partial charge in [0.15, 0.2) is 0 Å². The first kappa shape index (κ1) is 23.4. The Morgan fingerprint density at radius 1 is 0.969 bits per heavy atom. The molecular weight excluding hydrogens is 459 g/mol. The van der Waals surface area contributed by atoms with Crippen LogP contribution in [-0.4, -0.2) is 16.7 Å². The molecule has 0 saturated carbocycles. The first-order valence-electron chi connectivity index (χ1n) is 8.44. The highest BCUT2D eigenvalue weighted by molar-refractivity contribution is 5.68. The van der Waals surface area contributed by atoms with Crippen molar-refractivity contribution in [3.05, 3.63) is 69.5 Å². The first-order valence-corrected chi connectivity index (χ1v) is 8.44. The summed E-state index contributed by atoms with van der Waals surface area (Å²) in [6.07, 6.45) is -16.1. The van der Waals surface area contributed by atoms with E-state index in [9.17, 15) is 44.6 Å². The molecule has 0 spiro atoms. The predicted molar refractivity (Wildman–Crippen MR) is 88.6 cm³/mol. The number of halogens is 9. The lowest BCUT2D eigenvalue weighted by Crippen LogP contribution is -2.25. The largest absolute Gasteiger partial charge is 0.507 e. The Labute approximate surface area is 173 Å². The van der Waals surface area contributed by atoms with E-state index < -0.39 is 64.9 Å². The van der Waals surface area contributed by atoms with Crippen LogP contribution >= 0.6 is 0 Å². The van der Waals surface area contributed by atoms with E-state index in [1.165, 1.54) is 0 Å². The summed E-state index contributed by atoms with van der Waals surface area (Å²) in [4.78, 5) is 3.14. The molecule has 3 rings (SSSR count). The van der Waals surface area contributed by atoms with Crippen LogP contribution in [0.5, 0.6) is 0 Å². The maximum atomic E-state index is 13.3. The van der Waals surface area contributed by atoms with Crippen molar-refractivity contribution in [3.8, 4) is 6.07 Å². The van der Waals surface area contributed by atoms with Crippen LogP contribution in [0.4, 0.5) is 39.5 Å². The average molecular weight is 468 g/mol. The van der Waals surface area contributed by atoms with Gasteiger partial charge in [0.05, 0.1) is 23.3 Å². The third-order valence-electron chi connectivity index (χ3n) is 4.54. The molecule has 1 aliphatic rings. The number of aromatic nitrogens is 1. The number of benzene rings is 1. The van der Waals surface area contributed by atoms with Gasteiger partial charge in [-0.05, 0) is 29.8 Å². The van der Waals surface area contributed by atoms with Crippen LogP contribution in [0.3, 0.4) is 0 Å². The van der Waals surface area contributed by atoms with Gasteiger partial charge in [0.2, 0.25) is 0 Å². The van der Waals surface area contributed by atoms with E-state index in [4.69, 9.17) is 10.00 Å². The summed E-state index contributed by atoms with van der Waals surface area (Å²) in [6.45, 7) is -0.455. The Morgan fingerprint density at radius 3 is 1.94 bits per heavy atom. The molecule has 0 radical (unpaired) electrons. The second-order valence-corrected chi connectivity index (χ2v) is 6.59. The molecule has 32 heavy (non-hydrogen) atoms. The van der Waals surface area contributed by atoms with Gasteiger partial charge in [0.1, 0.15) is 23.6 Å². The Hall–Kier alpha value is -3.27. The van der Waals surface area contributed by atoms with Gasteiger partial charge < -0.3 is 9.84 Å². The van der Waals surface area contributed by atoms with Crippen LogP contribution in [0.2, 0.25) is 0 Å². The number of aliphatic hydroxyl groups excluding tert-OH is 1. The van der Waals surface area contributed by atoms with Crippen molar-refractivity contribution < 1.29 is 49.4 Å². The van der Waals surface area contributed by atoms with E-state index in [0.29, 0.717) is 6.07 Å². The fraction of sp³-hybridized carbons (Fsp3) is 0.263. The summed E-state index contributed by atoms with van der Waals surface area (Å²) in [5.74, 6) is -1.04. The number of nitrogens with zero attached hydrogens (tertiary/aromatic N) is 2. The molecule has 13 heteroatoms. The molecule has 2 heterocycles. The van der Waals surface area contributed by atoms with Crippen molar-refractivity contribution in [1.29, 1.82) is 5.26 Å². The summed E-state index contributed by atoms with van der Waals surface area (Å²) in [7, 11) is 0. The lowest BCUT2D eigenvalue weighted by Gasteiger charge is -2.32. The number of nitriles is 1. The van der Waals surface area contributed by atoms with Crippen LogP contribution in [-0.2, 0) is 23.3 Å². The van der Waals surface area contributed by atoms with Crippen molar-refractivity contribution in [2.45, 2.75) is 24.6 Å². The normalized spacial score (nSPS) is 18.7. The van der Waals surface area contributed by atoms with Gasteiger partial charge in [-0.25, -0.2) is 0 Å². The van der Waals surface area contributed by atoms with Crippen molar-refractivity contribution in [2.24, 2.45) is 0 Å². The Balaban J connectivity index is 2.15. The van der Waals surface area contributed by atoms with E-state index in [2.05, 4.69) is 4.98 Å². The molecule has 1 aromatic carbocycles. The average Bonchev–Trinajstić information content (AvgIpc) is 2.64. The Morgan fingerprint density at radius 2 is 1.53 bits per heavy atom. The molecule has 170 valence electrons. The van der Waals surface area contributed by atoms with E-state index in [1.807, 2.05) is 0 Å². The molecular formula is C19H9F9N2O2. The van der Waals surface area contributed by atoms with Gasteiger partial charge in [-0.15, -0.1) is 0 Å². The molecule has 0 bridgehead atoms. The Bertz CT molecular complexity index is 1090. The zero-order chi connectivity index (χ0) is 24.1. The van der Waals surface area contributed by atoms with Gasteiger partial charge in [0.25, 0.3) is 0 Å². The van der Waals surface area contributed by atoms with Crippen LogP contribution in [0, 0.1) is 11.3 Å². The van der Waals surface area contributed by atoms with E-state index in [1.54, 1.807) is 0 Å². The number of pyridine rings is 1. The summed E-state index contributed by atoms with van der Waals surface area (Å²) in [6, 6.07) is 2.88. The fourth-order valence-corrected chi connectivity index (χ4v) is 3.04. The number of rotatable bonds is 2. The molecule has 1 aromatic heterocycles. The SMILES string of the molecule is N#Cc1c(C(F)(F)F)cc(/C(O)=C2\COC2c2ccnc(C(F)(F)F)c2)cc1C(F)(F)F. The molecule has 1 fully saturated rings. The fourth-order valence-electron chi connectivity index (χ4n) is 3.04. The molecule has 2 aromatic rings. The van der Waals surface area contributed by atoms with Gasteiger partial charge in [0, 0.05) is 17.3 Å². The van der Waals surface area contributed by atoms with Gasteiger partial charge in [-0.2, -0.15) is 44.8 Å². The zero-order valence-electron chi connectivity index (χ0n) is 15.3. The predicted octanol–water partition coefficient (Wildman–Crippen LogP) is 6.05. The summed E-state index contributed by atoms with van der Waals surface area (Å²) in [5, 5.41) is 19.3. The Kier molecular flexibility index (Phi) is 5.63. The van der Waals surface area contributed by atoms with Crippen molar-refractivity contribution in [2.75, 3.05) is 6.61 Å². The second-order valence-electron chi connectivity index (χ2n) is 6.59. The zero-order valence-corrected chi connectivity index (χ0v) is 15.3. The standard InChI is InChI=1S/C19H9F9N2O2/c20-17(21,22)12-3-9(4-13(10(12)6-29)18(23,24)25)15(31)11-7-32-16(11)8-1-2-30-14(5-8)19(26,27)28/h1-5,16,31H,7H2/b15-11-. The van der Waals surface area contributed by atoms with E-state index >= 15 is 0 Å². The molecule has 1 N–H and O–H groups in total. The highest BCUT2D eigenvalue weighted by Crippen LogP contribution is 2.44. The second kappa shape index (κ2) is 7.70. The molecule has 1 saturated heterocycles. The van der Waals surface area contributed by atoms with Crippen LogP contribution in [0.25, 0.3) is 5.76 Å². The summed E-state index contributed by atoms with van der Waals surface area (Å²) in [5.41, 5.74) is -8.14. The third kappa shape index (κ3) is 4.36. The lowest BCUT2D eigenvalue weighted by atomic mass is 9.91. The van der Waals surface area contributed by atoms with E-state index in [0.717, 1.165) is 18.3 Å². The van der Waals surface area contributed by atoms with Crippen molar-refractivity contribution in [3.63, 3.8) is 0 Å². The summed E-state index contributed by atoms with van der Waals surface area (Å²) >= 11 is 0. The number of hydrogen-bond donors (Lipinski definition) is 1. The number of aliphatic hydroxyl groups is 1. The molecule has 1 atom stereocenters. The smallest absolute Gasteiger partial charge is 0.433 e. The monoisotopic (exact) mass is 468 g/mol. The van der Waals surface area contributed by atoms with Crippen LogP contribution in [0.15, 0.2) is 36.0 Å². The number of alkyl halides is 9. The van der Waals surface area contributed by atoms with Gasteiger partial charge >= 0.3 is 18.5 Å². The minimum absolute atomic E-state index is 0.166. The quantitative estimate of drug-likeness (QED) is 0.431. The van der Waals surface area contributed by atoms with Crippen molar-refractivity contribution in [1.82, 2.24) is 4.98 Å². The number of ether oxygens (including phenoxy) is 1. The highest BCUT2D eigenvalue weighted by Gasteiger charge is 2.43. The minimum Gasteiger partial charge on any atom is -0.507 e. The molecule has 0 aliphatic carbocycles. The van der Waals surface area contributed by atoms with Crippen LogP contribution in [0.1, 0.15) is 39.6 Å². The van der Waals surface area contributed by atoms with E-state index in [-0.39, 0.29) is 23.3 Å². The maximum Gasteiger partial charge on any atom is 0.433 e. The van der Waals surface area contributed by atoms with Gasteiger partial charge in [-0.3, -0.25) is 4.98 Å². The molecule has 4 nitrogen and oxygen atoms in total. The van der Waals surface area contributed by atoms with Crippen molar-refractivity contribution >= 4 is 5.76 Å². The first-order chi connectivity index (χ1) is 14.6. The molecule has 1 aliphatic heterocycles. The van der Waals surface area contributed by atoms with Gasteiger partial charge in [-0.1, -0.05) is 0 Å². The highest BCUT2D eigenvalue weighted by atomic mass is 19.4. The van der Waals surface area contributed by atoms with Crippen LogP contribution < -0.4 is 0 Å². The maximum absolute atomic E-state index is 13.3. The lowest BCUT2D eigenvalue weighted by molar-refractivity contribution is -0.143.